The maximum absolute atomic E-state index is 12.6. The number of alkyl halides is 3. The van der Waals surface area contributed by atoms with Crippen LogP contribution in [-0.4, -0.2) is 28.4 Å². The number of nitrogens with one attached hydrogen (secondary N) is 2. The lowest BCUT2D eigenvalue weighted by Gasteiger charge is -2.28. The summed E-state index contributed by atoms with van der Waals surface area (Å²) < 4.78 is 37.9. The predicted octanol–water partition coefficient (Wildman–Crippen LogP) is 2.48. The third kappa shape index (κ3) is 4.30. The molecule has 1 aromatic heterocycles. The number of amides is 1. The van der Waals surface area contributed by atoms with Crippen LogP contribution in [0.3, 0.4) is 0 Å². The summed E-state index contributed by atoms with van der Waals surface area (Å²) in [6.45, 7) is 0. The number of nitro groups is 1. The van der Waals surface area contributed by atoms with Crippen LogP contribution in [0.4, 0.5) is 24.7 Å². The molecule has 1 aliphatic rings. The van der Waals surface area contributed by atoms with Gasteiger partial charge in [-0.1, -0.05) is 0 Å². The first-order chi connectivity index (χ1) is 10.8. The Labute approximate surface area is 129 Å². The number of hydrogen-bond donors (Lipinski definition) is 2. The highest BCUT2D eigenvalue weighted by molar-refractivity contribution is 5.57. The van der Waals surface area contributed by atoms with E-state index < -0.39 is 22.4 Å². The van der Waals surface area contributed by atoms with Gasteiger partial charge >= 0.3 is 11.9 Å². The van der Waals surface area contributed by atoms with Gasteiger partial charge in [0.25, 0.3) is 0 Å². The van der Waals surface area contributed by atoms with Crippen molar-refractivity contribution in [1.29, 1.82) is 0 Å². The second-order valence-electron chi connectivity index (χ2n) is 5.32. The molecule has 2 N–H and O–H groups in total. The van der Waals surface area contributed by atoms with Crippen molar-refractivity contribution >= 4 is 17.9 Å². The lowest BCUT2D eigenvalue weighted by molar-refractivity contribution is -0.384. The number of aromatic nitrogens is 1. The molecule has 10 heteroatoms. The molecule has 1 amide bonds. The Bertz CT molecular complexity index is 586. The van der Waals surface area contributed by atoms with Crippen molar-refractivity contribution in [1.82, 2.24) is 10.3 Å². The van der Waals surface area contributed by atoms with Gasteiger partial charge in [-0.15, -0.1) is 0 Å². The van der Waals surface area contributed by atoms with Crippen molar-refractivity contribution in [2.45, 2.75) is 43.9 Å². The highest BCUT2D eigenvalue weighted by atomic mass is 19.4. The molecule has 1 heterocycles. The van der Waals surface area contributed by atoms with Gasteiger partial charge in [-0.3, -0.25) is 14.9 Å². The fourth-order valence-electron chi connectivity index (χ4n) is 2.55. The molecule has 0 bridgehead atoms. The molecule has 23 heavy (non-hydrogen) atoms. The third-order valence-corrected chi connectivity index (χ3v) is 3.76. The van der Waals surface area contributed by atoms with Gasteiger partial charge < -0.3 is 10.6 Å². The molecule has 1 aromatic rings. The van der Waals surface area contributed by atoms with E-state index in [0.717, 1.165) is 0 Å². The van der Waals surface area contributed by atoms with Crippen molar-refractivity contribution in [2.24, 2.45) is 0 Å². The molecule has 126 valence electrons. The summed E-state index contributed by atoms with van der Waals surface area (Å²) in [6, 6.07) is 0.401. The number of nitrogens with zero attached hydrogens (tertiary/aromatic N) is 2. The first-order valence-electron chi connectivity index (χ1n) is 6.99. The molecule has 7 nitrogen and oxygen atoms in total. The van der Waals surface area contributed by atoms with Crippen molar-refractivity contribution in [3.8, 4) is 0 Å². The highest BCUT2D eigenvalue weighted by Crippen LogP contribution is 2.34. The number of hydrogen-bond acceptors (Lipinski definition) is 5. The Kier molecular flexibility index (Phi) is 5.02. The molecule has 1 aliphatic carbocycles. The number of rotatable bonds is 5. The number of anilines is 1. The summed E-state index contributed by atoms with van der Waals surface area (Å²) in [4.78, 5) is 24.1. The largest absolute Gasteiger partial charge is 0.418 e. The first-order valence-corrected chi connectivity index (χ1v) is 6.99. The van der Waals surface area contributed by atoms with Crippen LogP contribution >= 0.6 is 0 Å². The van der Waals surface area contributed by atoms with Gasteiger partial charge in [0.05, 0.1) is 10.5 Å². The van der Waals surface area contributed by atoms with E-state index in [1.807, 2.05) is 0 Å². The summed E-state index contributed by atoms with van der Waals surface area (Å²) in [5.74, 6) is -0.171. The van der Waals surface area contributed by atoms with Crippen LogP contribution in [-0.2, 0) is 11.0 Å². The molecule has 1 fully saturated rings. The molecule has 0 radical (unpaired) electrons. The van der Waals surface area contributed by atoms with E-state index in [4.69, 9.17) is 0 Å². The summed E-state index contributed by atoms with van der Waals surface area (Å²) in [6.07, 6.45) is -0.850. The molecular weight excluding hydrogens is 317 g/mol. The topological polar surface area (TPSA) is 97.2 Å². The van der Waals surface area contributed by atoms with Crippen LogP contribution in [0.2, 0.25) is 0 Å². The molecular formula is C13H15F3N4O3. The minimum Gasteiger partial charge on any atom is -0.362 e. The Morgan fingerprint density at radius 3 is 2.39 bits per heavy atom. The first kappa shape index (κ1) is 17.0. The number of halogens is 3. The minimum absolute atomic E-state index is 0.0566. The van der Waals surface area contributed by atoms with E-state index in [1.54, 1.807) is 0 Å². The van der Waals surface area contributed by atoms with E-state index in [1.165, 1.54) is 0 Å². The SMILES string of the molecule is O=CN[C@H]1CC[C@H](Nc2ncc(C(F)(F)F)cc2[N+](=O)[O-])CC1. The van der Waals surface area contributed by atoms with E-state index in [2.05, 4.69) is 15.6 Å². The van der Waals surface area contributed by atoms with Gasteiger partial charge in [0.15, 0.2) is 0 Å². The van der Waals surface area contributed by atoms with E-state index >= 15 is 0 Å². The smallest absolute Gasteiger partial charge is 0.362 e. The monoisotopic (exact) mass is 332 g/mol. The summed E-state index contributed by atoms with van der Waals surface area (Å²) in [7, 11) is 0. The standard InChI is InChI=1S/C13H15F3N4O3/c14-13(15,16)8-5-11(20(22)23)12(17-6-8)19-10-3-1-9(2-4-10)18-7-21/h5-7,9-10H,1-4H2,(H,17,19)(H,18,21)/t9-,10-. The Hall–Kier alpha value is -2.39. The molecule has 0 aliphatic heterocycles. The molecule has 1 saturated carbocycles. The van der Waals surface area contributed by atoms with Crippen molar-refractivity contribution in [2.75, 3.05) is 5.32 Å². The zero-order valence-electron chi connectivity index (χ0n) is 12.0. The van der Waals surface area contributed by atoms with Crippen molar-refractivity contribution < 1.29 is 22.9 Å². The van der Waals surface area contributed by atoms with Crippen LogP contribution in [0.5, 0.6) is 0 Å². The van der Waals surface area contributed by atoms with Crippen LogP contribution in [0, 0.1) is 10.1 Å². The molecule has 0 aromatic carbocycles. The Morgan fingerprint density at radius 1 is 1.26 bits per heavy atom. The average molecular weight is 332 g/mol. The summed E-state index contributed by atoms with van der Waals surface area (Å²) >= 11 is 0. The van der Waals surface area contributed by atoms with Crippen LogP contribution in [0.1, 0.15) is 31.2 Å². The lowest BCUT2D eigenvalue weighted by Crippen LogP contribution is -2.36. The number of carbonyl (C=O) groups excluding carboxylic acids is 1. The molecule has 0 saturated heterocycles. The van der Waals surface area contributed by atoms with E-state index in [-0.39, 0.29) is 17.9 Å². The Balaban J connectivity index is 2.11. The fourth-order valence-corrected chi connectivity index (χ4v) is 2.55. The maximum Gasteiger partial charge on any atom is 0.418 e. The van der Waals surface area contributed by atoms with Crippen LogP contribution in [0.15, 0.2) is 12.3 Å². The number of pyridine rings is 1. The Morgan fingerprint density at radius 2 is 1.87 bits per heavy atom. The quantitative estimate of drug-likeness (QED) is 0.490. The maximum atomic E-state index is 12.6. The van der Waals surface area contributed by atoms with Crippen molar-refractivity contribution in [3.05, 3.63) is 27.9 Å². The van der Waals surface area contributed by atoms with E-state index in [9.17, 15) is 28.1 Å². The van der Waals surface area contributed by atoms with Gasteiger partial charge in [0.1, 0.15) is 0 Å². The van der Waals surface area contributed by atoms with Gasteiger partial charge in [-0.05, 0) is 25.7 Å². The predicted molar refractivity (Wildman–Crippen MR) is 74.8 cm³/mol. The molecule has 0 atom stereocenters. The zero-order valence-corrected chi connectivity index (χ0v) is 12.0. The molecule has 0 unspecified atom stereocenters. The lowest BCUT2D eigenvalue weighted by atomic mass is 9.91. The zero-order chi connectivity index (χ0) is 17.0. The number of carbonyl (C=O) groups is 1. The van der Waals surface area contributed by atoms with Gasteiger partial charge in [-0.2, -0.15) is 13.2 Å². The van der Waals surface area contributed by atoms with E-state index in [0.29, 0.717) is 44.4 Å². The molecule has 2 rings (SSSR count). The third-order valence-electron chi connectivity index (χ3n) is 3.76. The fraction of sp³-hybridized carbons (Fsp3) is 0.538. The van der Waals surface area contributed by atoms with Crippen LogP contribution < -0.4 is 10.6 Å². The van der Waals surface area contributed by atoms with Gasteiger partial charge in [0, 0.05) is 24.3 Å². The second kappa shape index (κ2) is 6.80. The van der Waals surface area contributed by atoms with Gasteiger partial charge in [0.2, 0.25) is 12.2 Å². The summed E-state index contributed by atoms with van der Waals surface area (Å²) in [5, 5.41) is 16.5. The molecule has 0 spiro atoms. The van der Waals surface area contributed by atoms with Crippen molar-refractivity contribution in [3.63, 3.8) is 0 Å². The van der Waals surface area contributed by atoms with Gasteiger partial charge in [-0.25, -0.2) is 4.98 Å². The average Bonchev–Trinajstić information content (AvgIpc) is 2.48. The van der Waals surface area contributed by atoms with Crippen LogP contribution in [0.25, 0.3) is 0 Å². The normalized spacial score (nSPS) is 21.5. The second-order valence-corrected chi connectivity index (χ2v) is 5.32. The summed E-state index contributed by atoms with van der Waals surface area (Å²) in [5.41, 5.74) is -1.86. The highest BCUT2D eigenvalue weighted by Gasteiger charge is 2.34. The minimum atomic E-state index is -4.69.